The number of methoxy groups -OCH3 is 1. The zero-order valence-corrected chi connectivity index (χ0v) is 21.7. The van der Waals surface area contributed by atoms with Crippen molar-refractivity contribution >= 4 is 29.9 Å². The smallest absolute Gasteiger partial charge is 0.191 e. The van der Waals surface area contributed by atoms with Gasteiger partial charge < -0.3 is 30.0 Å². The fourth-order valence-electron chi connectivity index (χ4n) is 2.84. The zero-order valence-electron chi connectivity index (χ0n) is 19.4. The Balaban J connectivity index is 0.00000512. The molecule has 0 amide bonds. The Morgan fingerprint density at radius 2 is 1.81 bits per heavy atom. The molecule has 2 rings (SSSR count). The summed E-state index contributed by atoms with van der Waals surface area (Å²) in [7, 11) is 1.65. The number of nitrogens with zero attached hydrogens (tertiary/aromatic N) is 1. The van der Waals surface area contributed by atoms with E-state index in [1.807, 2.05) is 63.2 Å². The molecule has 0 aliphatic heterocycles. The summed E-state index contributed by atoms with van der Waals surface area (Å²) < 4.78 is 16.6. The predicted octanol–water partition coefficient (Wildman–Crippen LogP) is 3.44. The predicted molar refractivity (Wildman–Crippen MR) is 139 cm³/mol. The summed E-state index contributed by atoms with van der Waals surface area (Å²) in [4.78, 5) is 4.64. The minimum Gasteiger partial charge on any atom is -0.491 e. The van der Waals surface area contributed by atoms with Gasteiger partial charge in [-0.1, -0.05) is 24.3 Å². The van der Waals surface area contributed by atoms with E-state index in [2.05, 4.69) is 15.6 Å². The number of aliphatic hydroxyl groups is 1. The van der Waals surface area contributed by atoms with Crippen molar-refractivity contribution in [3.63, 3.8) is 0 Å². The van der Waals surface area contributed by atoms with E-state index in [1.54, 1.807) is 7.11 Å². The molecule has 8 heteroatoms. The van der Waals surface area contributed by atoms with E-state index in [9.17, 15) is 5.11 Å². The molecule has 0 spiro atoms. The molecule has 0 aliphatic rings. The van der Waals surface area contributed by atoms with Crippen molar-refractivity contribution in [2.75, 3.05) is 40.0 Å². The lowest BCUT2D eigenvalue weighted by atomic mass is 10.1. The van der Waals surface area contributed by atoms with Crippen LogP contribution in [0.15, 0.2) is 47.5 Å². The highest BCUT2D eigenvalue weighted by Crippen LogP contribution is 2.21. The average molecular weight is 557 g/mol. The van der Waals surface area contributed by atoms with E-state index in [4.69, 9.17) is 14.2 Å². The van der Waals surface area contributed by atoms with E-state index in [1.165, 1.54) is 0 Å². The Hall–Kier alpha value is -2.04. The van der Waals surface area contributed by atoms with Crippen molar-refractivity contribution in [2.24, 2.45) is 4.99 Å². The molecule has 0 heterocycles. The third-order valence-electron chi connectivity index (χ3n) is 4.46. The topological polar surface area (TPSA) is 84.3 Å². The third-order valence-corrected chi connectivity index (χ3v) is 4.46. The van der Waals surface area contributed by atoms with Gasteiger partial charge in [0.05, 0.1) is 13.2 Å². The molecule has 178 valence electrons. The molecule has 0 saturated carbocycles. The van der Waals surface area contributed by atoms with Gasteiger partial charge in [0.15, 0.2) is 5.96 Å². The van der Waals surface area contributed by atoms with Crippen LogP contribution in [0.3, 0.4) is 0 Å². The number of ether oxygens (including phenoxy) is 3. The maximum Gasteiger partial charge on any atom is 0.191 e. The summed E-state index contributed by atoms with van der Waals surface area (Å²) in [6.07, 6.45) is -0.670. The fourth-order valence-corrected chi connectivity index (χ4v) is 2.84. The summed E-state index contributed by atoms with van der Waals surface area (Å²) in [5.41, 5.74) is 3.23. The van der Waals surface area contributed by atoms with Crippen LogP contribution in [0, 0.1) is 13.8 Å². The largest absolute Gasteiger partial charge is 0.491 e. The van der Waals surface area contributed by atoms with Crippen LogP contribution < -0.4 is 20.1 Å². The molecule has 1 unspecified atom stereocenters. The number of aliphatic imine (C=N–C) groups is 1. The summed E-state index contributed by atoms with van der Waals surface area (Å²) >= 11 is 0. The lowest BCUT2D eigenvalue weighted by molar-refractivity contribution is 0.110. The zero-order chi connectivity index (χ0) is 22.5. The van der Waals surface area contributed by atoms with E-state index < -0.39 is 6.10 Å². The van der Waals surface area contributed by atoms with Crippen molar-refractivity contribution in [3.8, 4) is 11.5 Å². The molecular weight excluding hydrogens is 521 g/mol. The highest BCUT2D eigenvalue weighted by Gasteiger charge is 2.09. The van der Waals surface area contributed by atoms with Crippen LogP contribution in [-0.4, -0.2) is 57.2 Å². The van der Waals surface area contributed by atoms with Gasteiger partial charge in [-0.05, 0) is 50.1 Å². The molecule has 7 nitrogen and oxygen atoms in total. The fraction of sp³-hybridized carbons (Fsp3) is 0.458. The molecule has 0 fully saturated rings. The van der Waals surface area contributed by atoms with E-state index in [0.29, 0.717) is 38.8 Å². The van der Waals surface area contributed by atoms with Gasteiger partial charge in [0.25, 0.3) is 0 Å². The lowest BCUT2D eigenvalue weighted by Gasteiger charge is -2.16. The van der Waals surface area contributed by atoms with Crippen molar-refractivity contribution in [3.05, 3.63) is 59.2 Å². The van der Waals surface area contributed by atoms with Gasteiger partial charge in [-0.2, -0.15) is 0 Å². The van der Waals surface area contributed by atoms with Crippen LogP contribution in [0.25, 0.3) is 0 Å². The number of nitrogens with one attached hydrogen (secondary N) is 2. The lowest BCUT2D eigenvalue weighted by Crippen LogP contribution is -2.42. The first-order chi connectivity index (χ1) is 15.0. The van der Waals surface area contributed by atoms with Crippen LogP contribution in [0.2, 0.25) is 0 Å². The molecule has 0 aliphatic carbocycles. The molecule has 1 atom stereocenters. The first-order valence-corrected chi connectivity index (χ1v) is 10.6. The third kappa shape index (κ3) is 10.5. The van der Waals surface area contributed by atoms with Gasteiger partial charge in [-0.25, -0.2) is 4.99 Å². The minimum atomic E-state index is -0.670. The molecule has 0 radical (unpaired) electrons. The van der Waals surface area contributed by atoms with Crippen LogP contribution in [0.4, 0.5) is 0 Å². The summed E-state index contributed by atoms with van der Waals surface area (Å²) in [5, 5.41) is 16.6. The molecule has 3 N–H and O–H groups in total. The van der Waals surface area contributed by atoms with Crippen molar-refractivity contribution in [1.29, 1.82) is 0 Å². The van der Waals surface area contributed by atoms with Crippen molar-refractivity contribution in [2.45, 2.75) is 33.4 Å². The normalized spacial score (nSPS) is 12.0. The van der Waals surface area contributed by atoms with Crippen molar-refractivity contribution < 1.29 is 19.3 Å². The Bertz CT molecular complexity index is 833. The highest BCUT2D eigenvalue weighted by molar-refractivity contribution is 14.0. The summed E-state index contributed by atoms with van der Waals surface area (Å²) in [5.74, 6) is 2.18. The Kier molecular flexibility index (Phi) is 13.7. The number of rotatable bonds is 12. The van der Waals surface area contributed by atoms with E-state index in [-0.39, 0.29) is 30.6 Å². The number of hydrogen-bond donors (Lipinski definition) is 3. The van der Waals surface area contributed by atoms with Crippen molar-refractivity contribution in [1.82, 2.24) is 10.6 Å². The number of guanidine groups is 1. The van der Waals surface area contributed by atoms with Crippen LogP contribution >= 0.6 is 24.0 Å². The van der Waals surface area contributed by atoms with Gasteiger partial charge in [0.1, 0.15) is 30.8 Å². The maximum atomic E-state index is 10.3. The second-order valence-corrected chi connectivity index (χ2v) is 7.31. The number of aliphatic hydroxyl groups excluding tert-OH is 1. The Morgan fingerprint density at radius 3 is 2.53 bits per heavy atom. The molecule has 2 aromatic rings. The standard InChI is InChI=1S/C24H35N3O4.HI/c1-5-25-24(27-16-21(28)17-31-22-8-6-7-18(2)13-22)26-15-20-10-9-19(3)14-23(20)30-12-11-29-4;/h6-10,13-14,21,28H,5,11-12,15-17H2,1-4H3,(H2,25,26,27);1H. The van der Waals surface area contributed by atoms with E-state index in [0.717, 1.165) is 28.2 Å². The van der Waals surface area contributed by atoms with Crippen LogP contribution in [0.1, 0.15) is 23.6 Å². The number of benzene rings is 2. The van der Waals surface area contributed by atoms with Gasteiger partial charge in [0.2, 0.25) is 0 Å². The van der Waals surface area contributed by atoms with Crippen LogP contribution in [0.5, 0.6) is 11.5 Å². The Morgan fingerprint density at radius 1 is 1.03 bits per heavy atom. The van der Waals surface area contributed by atoms with Gasteiger partial charge in [-0.15, -0.1) is 24.0 Å². The van der Waals surface area contributed by atoms with Gasteiger partial charge >= 0.3 is 0 Å². The molecule has 0 bridgehead atoms. The SMILES string of the molecule is CCNC(=NCc1ccc(C)cc1OCCOC)NCC(O)COc1cccc(C)c1.I. The number of hydrogen-bond acceptors (Lipinski definition) is 5. The first-order valence-electron chi connectivity index (χ1n) is 10.6. The van der Waals surface area contributed by atoms with Crippen LogP contribution in [-0.2, 0) is 11.3 Å². The molecular formula is C24H36IN3O4. The Labute approximate surface area is 208 Å². The first kappa shape index (κ1) is 28.0. The molecule has 0 aromatic heterocycles. The molecule has 2 aromatic carbocycles. The minimum absolute atomic E-state index is 0. The van der Waals surface area contributed by atoms with Gasteiger partial charge in [0, 0.05) is 25.8 Å². The average Bonchev–Trinajstić information content (AvgIpc) is 2.75. The summed E-state index contributed by atoms with van der Waals surface area (Å²) in [6.45, 7) is 8.74. The maximum absolute atomic E-state index is 10.3. The highest BCUT2D eigenvalue weighted by atomic mass is 127. The van der Waals surface area contributed by atoms with E-state index >= 15 is 0 Å². The van der Waals surface area contributed by atoms with Gasteiger partial charge in [-0.3, -0.25) is 0 Å². The number of halogens is 1. The second-order valence-electron chi connectivity index (χ2n) is 7.31. The molecule has 0 saturated heterocycles. The number of aryl methyl sites for hydroxylation is 2. The quantitative estimate of drug-likeness (QED) is 0.161. The molecule has 32 heavy (non-hydrogen) atoms. The summed E-state index contributed by atoms with van der Waals surface area (Å²) in [6, 6.07) is 13.8. The monoisotopic (exact) mass is 557 g/mol. The second kappa shape index (κ2) is 15.7.